The van der Waals surface area contributed by atoms with Crippen LogP contribution in [0.1, 0.15) is 11.1 Å². The number of likely N-dealkylation sites (N-methyl/N-ethyl adjacent to an activating group) is 1. The average molecular weight is 412 g/mol. The van der Waals surface area contributed by atoms with E-state index in [9.17, 15) is 14.9 Å². The molecule has 28 heavy (non-hydrogen) atoms. The predicted octanol–water partition coefficient (Wildman–Crippen LogP) is 3.82. The van der Waals surface area contributed by atoms with Gasteiger partial charge in [-0.25, -0.2) is 0 Å². The zero-order valence-corrected chi connectivity index (χ0v) is 17.0. The Kier molecular flexibility index (Phi) is 6.08. The Morgan fingerprint density at radius 3 is 2.43 bits per heavy atom. The van der Waals surface area contributed by atoms with Crippen LogP contribution in [0.25, 0.3) is 0 Å². The van der Waals surface area contributed by atoms with Gasteiger partial charge in [-0.1, -0.05) is 53.2 Å². The summed E-state index contributed by atoms with van der Waals surface area (Å²) in [6.07, 6.45) is 0.504. The van der Waals surface area contributed by atoms with E-state index in [2.05, 4.69) is 5.32 Å². The van der Waals surface area contributed by atoms with Gasteiger partial charge in [0.1, 0.15) is 16.7 Å². The highest BCUT2D eigenvalue weighted by atomic mass is 35.5. The summed E-state index contributed by atoms with van der Waals surface area (Å²) in [4.78, 5) is 26.8. The minimum absolute atomic E-state index is 0.0813. The molecule has 1 fully saturated rings. The van der Waals surface area contributed by atoms with Gasteiger partial charge in [-0.3, -0.25) is 14.5 Å². The van der Waals surface area contributed by atoms with Crippen LogP contribution in [0, 0.1) is 18.3 Å². The zero-order valence-electron chi connectivity index (χ0n) is 15.4. The van der Waals surface area contributed by atoms with Gasteiger partial charge in [0.25, 0.3) is 5.91 Å². The summed E-state index contributed by atoms with van der Waals surface area (Å²) in [5.41, 5.74) is 2.65. The number of carbonyl (C=O) groups is 2. The summed E-state index contributed by atoms with van der Waals surface area (Å²) < 4.78 is 0. The number of halogens is 1. The Morgan fingerprint density at radius 1 is 1.21 bits per heavy atom. The zero-order chi connectivity index (χ0) is 20.3. The summed E-state index contributed by atoms with van der Waals surface area (Å²) in [7, 11) is 1.46. The SMILES string of the molecule is CNC(=O)/C(C#N)=C1\SC(Cc2ccc(C)cc2)C(=O)N1c1ccc(Cl)cc1. The maximum absolute atomic E-state index is 13.2. The number of anilines is 1. The van der Waals surface area contributed by atoms with E-state index in [0.29, 0.717) is 22.2 Å². The number of rotatable bonds is 4. The minimum Gasteiger partial charge on any atom is -0.354 e. The summed E-state index contributed by atoms with van der Waals surface area (Å²) in [6.45, 7) is 2.00. The lowest BCUT2D eigenvalue weighted by Crippen LogP contribution is -2.31. The van der Waals surface area contributed by atoms with Crippen molar-refractivity contribution in [3.05, 3.63) is 75.3 Å². The number of nitriles is 1. The highest BCUT2D eigenvalue weighted by Crippen LogP contribution is 2.42. The quantitative estimate of drug-likeness (QED) is 0.613. The van der Waals surface area contributed by atoms with Gasteiger partial charge in [0.05, 0.1) is 5.25 Å². The molecule has 3 rings (SSSR count). The topological polar surface area (TPSA) is 73.2 Å². The normalized spacial score (nSPS) is 18.0. The number of hydrogen-bond acceptors (Lipinski definition) is 4. The van der Waals surface area contributed by atoms with E-state index in [1.807, 2.05) is 37.3 Å². The van der Waals surface area contributed by atoms with Crippen LogP contribution in [-0.4, -0.2) is 24.1 Å². The first-order valence-corrected chi connectivity index (χ1v) is 9.88. The molecule has 0 spiro atoms. The number of thioether (sulfide) groups is 1. The molecular weight excluding hydrogens is 394 g/mol. The van der Waals surface area contributed by atoms with Gasteiger partial charge in [0.15, 0.2) is 0 Å². The molecule has 1 N–H and O–H groups in total. The molecule has 0 bridgehead atoms. The van der Waals surface area contributed by atoms with Gasteiger partial charge < -0.3 is 5.32 Å². The van der Waals surface area contributed by atoms with Crippen molar-refractivity contribution in [3.63, 3.8) is 0 Å². The van der Waals surface area contributed by atoms with Crippen LogP contribution in [-0.2, 0) is 16.0 Å². The molecule has 0 aliphatic carbocycles. The van der Waals surface area contributed by atoms with E-state index in [0.717, 1.165) is 11.1 Å². The van der Waals surface area contributed by atoms with Crippen molar-refractivity contribution >= 4 is 40.9 Å². The second-order valence-corrected chi connectivity index (χ2v) is 7.95. The van der Waals surface area contributed by atoms with Crippen LogP contribution in [0.15, 0.2) is 59.1 Å². The van der Waals surface area contributed by atoms with Gasteiger partial charge in [-0.2, -0.15) is 5.26 Å². The van der Waals surface area contributed by atoms with E-state index < -0.39 is 11.2 Å². The number of aryl methyl sites for hydroxylation is 1. The molecule has 0 aromatic heterocycles. The largest absolute Gasteiger partial charge is 0.354 e. The molecule has 0 saturated carbocycles. The maximum atomic E-state index is 13.2. The molecular formula is C21H18ClN3O2S. The van der Waals surface area contributed by atoms with Crippen LogP contribution in [0.4, 0.5) is 5.69 Å². The molecule has 2 aromatic carbocycles. The second-order valence-electron chi connectivity index (χ2n) is 6.32. The van der Waals surface area contributed by atoms with Gasteiger partial charge in [-0.15, -0.1) is 0 Å². The molecule has 1 atom stereocenters. The van der Waals surface area contributed by atoms with Crippen LogP contribution >= 0.6 is 23.4 Å². The molecule has 7 heteroatoms. The van der Waals surface area contributed by atoms with Gasteiger partial charge in [0, 0.05) is 17.8 Å². The lowest BCUT2D eigenvalue weighted by Gasteiger charge is -2.18. The summed E-state index contributed by atoms with van der Waals surface area (Å²) in [5, 5.41) is 12.5. The van der Waals surface area contributed by atoms with E-state index in [4.69, 9.17) is 11.6 Å². The molecule has 1 aliphatic rings. The highest BCUT2D eigenvalue weighted by Gasteiger charge is 2.40. The fourth-order valence-electron chi connectivity index (χ4n) is 2.88. The third-order valence-electron chi connectivity index (χ3n) is 4.36. The Hall–Kier alpha value is -2.75. The number of amides is 2. The van der Waals surface area contributed by atoms with Crippen molar-refractivity contribution in [2.75, 3.05) is 11.9 Å². The van der Waals surface area contributed by atoms with Crippen molar-refractivity contribution in [2.24, 2.45) is 0 Å². The molecule has 1 aliphatic heterocycles. The summed E-state index contributed by atoms with van der Waals surface area (Å²) in [5.74, 6) is -0.688. The molecule has 1 heterocycles. The smallest absolute Gasteiger partial charge is 0.264 e. The fourth-order valence-corrected chi connectivity index (χ4v) is 4.31. The molecule has 5 nitrogen and oxygen atoms in total. The average Bonchev–Trinajstić information content (AvgIpc) is 3.00. The van der Waals surface area contributed by atoms with Crippen molar-refractivity contribution in [3.8, 4) is 6.07 Å². The molecule has 0 radical (unpaired) electrons. The first-order valence-electron chi connectivity index (χ1n) is 8.62. The molecule has 2 aromatic rings. The predicted molar refractivity (Wildman–Crippen MR) is 112 cm³/mol. The Labute approximate surface area is 173 Å². The number of nitrogens with zero attached hydrogens (tertiary/aromatic N) is 2. The monoisotopic (exact) mass is 411 g/mol. The number of hydrogen-bond donors (Lipinski definition) is 1. The fraction of sp³-hybridized carbons (Fsp3) is 0.190. The minimum atomic E-state index is -0.521. The molecule has 1 saturated heterocycles. The first-order chi connectivity index (χ1) is 13.4. The van der Waals surface area contributed by atoms with Gasteiger partial charge >= 0.3 is 0 Å². The standard InChI is InChI=1S/C21H18ClN3O2S/c1-13-3-5-14(6-4-13)11-18-20(27)25(16-9-7-15(22)8-10-16)21(28-18)17(12-23)19(26)24-2/h3-10,18H,11H2,1-2H3,(H,24,26)/b21-17-. The van der Waals surface area contributed by atoms with E-state index in [1.54, 1.807) is 24.3 Å². The third-order valence-corrected chi connectivity index (χ3v) is 5.87. The summed E-state index contributed by atoms with van der Waals surface area (Å²) >= 11 is 7.21. The second kappa shape index (κ2) is 8.51. The summed E-state index contributed by atoms with van der Waals surface area (Å²) in [6, 6.07) is 16.7. The number of nitrogens with one attached hydrogen (secondary N) is 1. The van der Waals surface area contributed by atoms with E-state index in [1.165, 1.54) is 23.7 Å². The molecule has 142 valence electrons. The lowest BCUT2D eigenvalue weighted by atomic mass is 10.1. The number of benzene rings is 2. The molecule has 1 unspecified atom stereocenters. The van der Waals surface area contributed by atoms with Crippen molar-refractivity contribution in [1.82, 2.24) is 5.32 Å². The van der Waals surface area contributed by atoms with Crippen LogP contribution < -0.4 is 10.2 Å². The first kappa shape index (κ1) is 20.0. The Morgan fingerprint density at radius 2 is 1.86 bits per heavy atom. The number of carbonyl (C=O) groups excluding carboxylic acids is 2. The third kappa shape index (κ3) is 4.06. The highest BCUT2D eigenvalue weighted by molar-refractivity contribution is 8.05. The lowest BCUT2D eigenvalue weighted by molar-refractivity contribution is -0.117. The Balaban J connectivity index is 2.03. The maximum Gasteiger partial charge on any atom is 0.264 e. The van der Waals surface area contributed by atoms with Crippen LogP contribution in [0.5, 0.6) is 0 Å². The van der Waals surface area contributed by atoms with Crippen molar-refractivity contribution < 1.29 is 9.59 Å². The van der Waals surface area contributed by atoms with Gasteiger partial charge in [-0.05, 0) is 43.2 Å². The van der Waals surface area contributed by atoms with Gasteiger partial charge in [0.2, 0.25) is 5.91 Å². The van der Waals surface area contributed by atoms with Crippen LogP contribution in [0.3, 0.4) is 0 Å². The Bertz CT molecular complexity index is 978. The molecule has 2 amide bonds. The van der Waals surface area contributed by atoms with E-state index in [-0.39, 0.29) is 11.5 Å². The van der Waals surface area contributed by atoms with Crippen LogP contribution in [0.2, 0.25) is 5.02 Å². The van der Waals surface area contributed by atoms with E-state index >= 15 is 0 Å². The van der Waals surface area contributed by atoms with Crippen molar-refractivity contribution in [1.29, 1.82) is 5.26 Å². The van der Waals surface area contributed by atoms with Crippen molar-refractivity contribution in [2.45, 2.75) is 18.6 Å².